The topological polar surface area (TPSA) is 69.7 Å². The van der Waals surface area contributed by atoms with Crippen molar-refractivity contribution in [3.05, 3.63) is 59.9 Å². The van der Waals surface area contributed by atoms with Crippen LogP contribution in [0.15, 0.2) is 53.4 Å². The van der Waals surface area contributed by atoms with Gasteiger partial charge in [0.2, 0.25) is 0 Å². The summed E-state index contributed by atoms with van der Waals surface area (Å²) in [7, 11) is -2.72. The van der Waals surface area contributed by atoms with Crippen molar-refractivity contribution in [3.63, 3.8) is 0 Å². The van der Waals surface area contributed by atoms with Gasteiger partial charge in [0, 0.05) is 25.7 Å². The van der Waals surface area contributed by atoms with Gasteiger partial charge in [-0.2, -0.15) is 0 Å². The minimum atomic E-state index is -4.01. The van der Waals surface area contributed by atoms with E-state index >= 15 is 0 Å². The lowest BCUT2D eigenvalue weighted by Gasteiger charge is -2.30. The second-order valence-corrected chi connectivity index (χ2v) is 10.1. The molecule has 0 unspecified atom stereocenters. The maximum atomic E-state index is 14.0. The summed E-state index contributed by atoms with van der Waals surface area (Å²) >= 11 is 0. The fraction of sp³-hybridized carbons (Fsp3) is 0.435. The van der Waals surface area contributed by atoms with Crippen LogP contribution in [0.5, 0.6) is 0 Å². The van der Waals surface area contributed by atoms with Crippen molar-refractivity contribution >= 4 is 21.6 Å². The van der Waals surface area contributed by atoms with Gasteiger partial charge in [-0.15, -0.1) is 0 Å². The second kappa shape index (κ2) is 10.2. The average molecular weight is 448 g/mol. The number of halogens is 1. The van der Waals surface area contributed by atoms with Crippen LogP contribution in [-0.4, -0.2) is 52.5 Å². The Kier molecular flexibility index (Phi) is 7.67. The molecule has 3 rings (SSSR count). The minimum absolute atomic E-state index is 0.0515. The Balaban J connectivity index is 1.61. The Morgan fingerprint density at radius 2 is 2.00 bits per heavy atom. The third-order valence-electron chi connectivity index (χ3n) is 5.62. The van der Waals surface area contributed by atoms with Gasteiger partial charge in [-0.3, -0.25) is 9.10 Å². The van der Waals surface area contributed by atoms with E-state index in [1.54, 1.807) is 12.1 Å². The van der Waals surface area contributed by atoms with E-state index in [4.69, 9.17) is 0 Å². The number of amides is 1. The van der Waals surface area contributed by atoms with Gasteiger partial charge in [-0.1, -0.05) is 25.1 Å². The number of carbonyl (C=O) groups excluding carboxylic acids is 1. The van der Waals surface area contributed by atoms with Crippen LogP contribution in [0.4, 0.5) is 10.1 Å². The third kappa shape index (κ3) is 5.83. The molecule has 168 valence electrons. The molecule has 8 heteroatoms. The van der Waals surface area contributed by atoms with Gasteiger partial charge in [0.05, 0.1) is 10.6 Å². The SMILES string of the molecule is C[C@@H]1CCCN(CCCNC(=O)c2cccc(S(=O)(=O)N(C)c3ccccc3F)c2)C1. The number of anilines is 1. The third-order valence-corrected chi connectivity index (χ3v) is 7.39. The first-order valence-corrected chi connectivity index (χ1v) is 12.1. The Hall–Kier alpha value is -2.45. The van der Waals surface area contributed by atoms with Crippen molar-refractivity contribution in [3.8, 4) is 0 Å². The lowest BCUT2D eigenvalue weighted by Crippen LogP contribution is -2.36. The van der Waals surface area contributed by atoms with Gasteiger partial charge >= 0.3 is 0 Å². The number of rotatable bonds is 8. The summed E-state index contributed by atoms with van der Waals surface area (Å²) in [6.07, 6.45) is 3.33. The Bertz CT molecular complexity index is 1010. The molecule has 0 bridgehead atoms. The molecular formula is C23H30FN3O3S. The van der Waals surface area contributed by atoms with E-state index < -0.39 is 15.8 Å². The van der Waals surface area contributed by atoms with E-state index in [1.807, 2.05) is 0 Å². The lowest BCUT2D eigenvalue weighted by molar-refractivity contribution is 0.0950. The molecule has 2 aromatic carbocycles. The zero-order chi connectivity index (χ0) is 22.4. The largest absolute Gasteiger partial charge is 0.352 e. The fourth-order valence-corrected chi connectivity index (χ4v) is 5.14. The zero-order valence-electron chi connectivity index (χ0n) is 18.1. The number of benzene rings is 2. The van der Waals surface area contributed by atoms with E-state index in [1.165, 1.54) is 56.3 Å². The van der Waals surface area contributed by atoms with Crippen LogP contribution in [0.2, 0.25) is 0 Å². The first-order valence-electron chi connectivity index (χ1n) is 10.6. The van der Waals surface area contributed by atoms with Crippen LogP contribution in [0.3, 0.4) is 0 Å². The number of nitrogens with one attached hydrogen (secondary N) is 1. The highest BCUT2D eigenvalue weighted by atomic mass is 32.2. The van der Waals surface area contributed by atoms with E-state index in [0.29, 0.717) is 6.54 Å². The maximum absolute atomic E-state index is 14.0. The second-order valence-electron chi connectivity index (χ2n) is 8.11. The molecule has 0 aliphatic carbocycles. The number of carbonyl (C=O) groups is 1. The fourth-order valence-electron chi connectivity index (χ4n) is 3.89. The smallest absolute Gasteiger partial charge is 0.264 e. The summed E-state index contributed by atoms with van der Waals surface area (Å²) in [6, 6.07) is 11.5. The van der Waals surface area contributed by atoms with Crippen molar-refractivity contribution in [2.45, 2.75) is 31.1 Å². The predicted molar refractivity (Wildman–Crippen MR) is 120 cm³/mol. The zero-order valence-corrected chi connectivity index (χ0v) is 18.9. The van der Waals surface area contributed by atoms with Crippen LogP contribution in [0.25, 0.3) is 0 Å². The Labute approximate surface area is 184 Å². The first-order chi connectivity index (χ1) is 14.8. The molecular weight excluding hydrogens is 417 g/mol. The average Bonchev–Trinajstić information content (AvgIpc) is 2.76. The maximum Gasteiger partial charge on any atom is 0.264 e. The van der Waals surface area contributed by atoms with Gasteiger partial charge in [0.15, 0.2) is 0 Å². The normalized spacial score (nSPS) is 17.3. The number of nitrogens with zero attached hydrogens (tertiary/aromatic N) is 2. The Morgan fingerprint density at radius 1 is 1.23 bits per heavy atom. The van der Waals surface area contributed by atoms with Gasteiger partial charge in [0.25, 0.3) is 15.9 Å². The quantitative estimate of drug-likeness (QED) is 0.629. The molecule has 0 spiro atoms. The Morgan fingerprint density at radius 3 is 2.74 bits per heavy atom. The van der Waals surface area contributed by atoms with Crippen molar-refractivity contribution in [1.82, 2.24) is 10.2 Å². The van der Waals surface area contributed by atoms with Crippen LogP contribution in [0, 0.1) is 11.7 Å². The summed E-state index contributed by atoms with van der Waals surface area (Å²) in [5.41, 5.74) is 0.207. The number of hydrogen-bond acceptors (Lipinski definition) is 4. The number of para-hydroxylation sites is 1. The highest BCUT2D eigenvalue weighted by Crippen LogP contribution is 2.25. The highest BCUT2D eigenvalue weighted by Gasteiger charge is 2.24. The van der Waals surface area contributed by atoms with E-state index in [0.717, 1.165) is 36.3 Å². The van der Waals surface area contributed by atoms with Gasteiger partial charge in [-0.05, 0) is 68.6 Å². The molecule has 1 aliphatic rings. The molecule has 2 aromatic rings. The molecule has 1 saturated heterocycles. The molecule has 1 N–H and O–H groups in total. The van der Waals surface area contributed by atoms with Crippen LogP contribution >= 0.6 is 0 Å². The van der Waals surface area contributed by atoms with E-state index in [2.05, 4.69) is 17.1 Å². The van der Waals surface area contributed by atoms with Crippen LogP contribution in [0.1, 0.15) is 36.5 Å². The first kappa shape index (κ1) is 23.2. The van der Waals surface area contributed by atoms with E-state index in [9.17, 15) is 17.6 Å². The minimum Gasteiger partial charge on any atom is -0.352 e. The molecule has 0 saturated carbocycles. The number of likely N-dealkylation sites (tertiary alicyclic amines) is 1. The number of sulfonamides is 1. The summed E-state index contributed by atoms with van der Waals surface area (Å²) in [5, 5.41) is 2.86. The van der Waals surface area contributed by atoms with E-state index in [-0.39, 0.29) is 22.1 Å². The van der Waals surface area contributed by atoms with Crippen molar-refractivity contribution < 1.29 is 17.6 Å². The molecule has 1 aliphatic heterocycles. The van der Waals surface area contributed by atoms with Crippen LogP contribution in [-0.2, 0) is 10.0 Å². The number of piperidine rings is 1. The number of hydrogen-bond donors (Lipinski definition) is 1. The van der Waals surface area contributed by atoms with Gasteiger partial charge < -0.3 is 10.2 Å². The molecule has 0 radical (unpaired) electrons. The highest BCUT2D eigenvalue weighted by molar-refractivity contribution is 7.92. The van der Waals surface area contributed by atoms with Gasteiger partial charge in [0.1, 0.15) is 5.82 Å². The lowest BCUT2D eigenvalue weighted by atomic mass is 10.0. The van der Waals surface area contributed by atoms with Gasteiger partial charge in [-0.25, -0.2) is 12.8 Å². The summed E-state index contributed by atoms with van der Waals surface area (Å²) in [5.74, 6) is -0.237. The summed E-state index contributed by atoms with van der Waals surface area (Å²) in [6.45, 7) is 5.93. The van der Waals surface area contributed by atoms with Crippen molar-refractivity contribution in [2.75, 3.05) is 37.5 Å². The summed E-state index contributed by atoms with van der Waals surface area (Å²) in [4.78, 5) is 14.9. The standard InChI is InChI=1S/C23H30FN3O3S/c1-18-8-6-14-27(17-18)15-7-13-25-23(28)19-9-5-10-20(16-19)31(29,30)26(2)22-12-4-3-11-21(22)24/h3-5,9-12,16,18H,6-8,13-15,17H2,1-2H3,(H,25,28)/t18-/m1/s1. The predicted octanol–water partition coefficient (Wildman–Crippen LogP) is 3.50. The molecule has 31 heavy (non-hydrogen) atoms. The van der Waals surface area contributed by atoms with Crippen molar-refractivity contribution in [1.29, 1.82) is 0 Å². The van der Waals surface area contributed by atoms with Crippen LogP contribution < -0.4 is 9.62 Å². The monoisotopic (exact) mass is 447 g/mol. The molecule has 1 fully saturated rings. The van der Waals surface area contributed by atoms with Crippen molar-refractivity contribution in [2.24, 2.45) is 5.92 Å². The molecule has 1 amide bonds. The molecule has 1 heterocycles. The summed E-state index contributed by atoms with van der Waals surface area (Å²) < 4.78 is 40.8. The molecule has 6 nitrogen and oxygen atoms in total. The molecule has 0 aromatic heterocycles. The molecule has 1 atom stereocenters.